The molecule has 19 heavy (non-hydrogen) atoms. The molecule has 0 aliphatic carbocycles. The van der Waals surface area contributed by atoms with Crippen molar-refractivity contribution >= 4 is 5.91 Å². The number of carbonyl (C=O) groups is 1. The number of hydrogen-bond donors (Lipinski definition) is 2. The van der Waals surface area contributed by atoms with E-state index in [1.807, 2.05) is 32.0 Å². The third-order valence-corrected chi connectivity index (χ3v) is 3.14. The van der Waals surface area contributed by atoms with E-state index in [4.69, 9.17) is 4.74 Å². The molecule has 1 aromatic carbocycles. The first-order chi connectivity index (χ1) is 9.15. The Morgan fingerprint density at radius 2 is 2.11 bits per heavy atom. The Morgan fingerprint density at radius 1 is 1.37 bits per heavy atom. The van der Waals surface area contributed by atoms with Crippen LogP contribution in [0.3, 0.4) is 0 Å². The van der Waals surface area contributed by atoms with Crippen LogP contribution in [0.1, 0.15) is 37.0 Å². The minimum absolute atomic E-state index is 0.0129. The molecule has 0 aromatic heterocycles. The highest BCUT2D eigenvalue weighted by atomic mass is 16.5. The molecule has 0 saturated carbocycles. The molecule has 0 unspecified atom stereocenters. The van der Waals surface area contributed by atoms with E-state index in [1.165, 1.54) is 0 Å². The van der Waals surface area contributed by atoms with Gasteiger partial charge in [-0.3, -0.25) is 4.79 Å². The number of benzene rings is 1. The van der Waals surface area contributed by atoms with Crippen molar-refractivity contribution in [3.63, 3.8) is 0 Å². The maximum absolute atomic E-state index is 12.2. The minimum Gasteiger partial charge on any atom is -0.491 e. The first-order valence-electron chi connectivity index (χ1n) is 6.93. The van der Waals surface area contributed by atoms with E-state index in [0.717, 1.165) is 31.7 Å². The highest BCUT2D eigenvalue weighted by Crippen LogP contribution is 2.15. The lowest BCUT2D eigenvalue weighted by molar-refractivity contribution is 0.0929. The fourth-order valence-electron chi connectivity index (χ4n) is 2.22. The number of nitrogens with one attached hydrogen (secondary N) is 2. The number of piperidine rings is 1. The second-order valence-corrected chi connectivity index (χ2v) is 5.19. The molecule has 0 spiro atoms. The highest BCUT2D eigenvalue weighted by Gasteiger charge is 2.16. The van der Waals surface area contributed by atoms with Gasteiger partial charge >= 0.3 is 0 Å². The van der Waals surface area contributed by atoms with E-state index < -0.39 is 0 Å². The lowest BCUT2D eigenvalue weighted by Gasteiger charge is -2.23. The molecule has 4 nitrogen and oxygen atoms in total. The summed E-state index contributed by atoms with van der Waals surface area (Å²) in [7, 11) is 0. The van der Waals surface area contributed by atoms with Crippen molar-refractivity contribution in [1.29, 1.82) is 0 Å². The molecule has 2 N–H and O–H groups in total. The summed E-state index contributed by atoms with van der Waals surface area (Å²) in [6.45, 7) is 5.90. The largest absolute Gasteiger partial charge is 0.491 e. The summed E-state index contributed by atoms with van der Waals surface area (Å²) in [4.78, 5) is 12.2. The minimum atomic E-state index is -0.0129. The van der Waals surface area contributed by atoms with Gasteiger partial charge in [-0.2, -0.15) is 0 Å². The molecule has 1 fully saturated rings. The predicted octanol–water partition coefficient (Wildman–Crippen LogP) is 1.96. The normalized spacial score (nSPS) is 16.4. The van der Waals surface area contributed by atoms with Gasteiger partial charge in [0.05, 0.1) is 6.10 Å². The average molecular weight is 262 g/mol. The lowest BCUT2D eigenvalue weighted by atomic mass is 10.1. The van der Waals surface area contributed by atoms with Gasteiger partial charge in [0.1, 0.15) is 5.75 Å². The molecule has 1 amide bonds. The van der Waals surface area contributed by atoms with E-state index >= 15 is 0 Å². The van der Waals surface area contributed by atoms with Gasteiger partial charge in [0, 0.05) is 11.6 Å². The molecule has 1 aliphatic heterocycles. The number of ether oxygens (including phenoxy) is 1. The Labute approximate surface area is 114 Å². The molecule has 0 atom stereocenters. The van der Waals surface area contributed by atoms with Gasteiger partial charge < -0.3 is 15.4 Å². The molecule has 2 rings (SSSR count). The SMILES string of the molecule is CC(C)Oc1cccc(C(=O)NC2CCNCC2)c1. The Bertz CT molecular complexity index is 426. The molecule has 1 aromatic rings. The van der Waals surface area contributed by atoms with E-state index in [9.17, 15) is 4.79 Å². The van der Waals surface area contributed by atoms with E-state index in [1.54, 1.807) is 6.07 Å². The number of carbonyl (C=O) groups excluding carboxylic acids is 1. The van der Waals surface area contributed by atoms with Gasteiger partial charge in [-0.05, 0) is 58.0 Å². The third-order valence-electron chi connectivity index (χ3n) is 3.14. The van der Waals surface area contributed by atoms with E-state index in [-0.39, 0.29) is 18.1 Å². The summed E-state index contributed by atoms with van der Waals surface area (Å²) in [5.74, 6) is 0.731. The molecule has 1 heterocycles. The average Bonchev–Trinajstić information content (AvgIpc) is 2.39. The fraction of sp³-hybridized carbons (Fsp3) is 0.533. The Hall–Kier alpha value is -1.55. The summed E-state index contributed by atoms with van der Waals surface area (Å²) >= 11 is 0. The van der Waals surface area contributed by atoms with Crippen molar-refractivity contribution < 1.29 is 9.53 Å². The number of rotatable bonds is 4. The van der Waals surface area contributed by atoms with Crippen molar-refractivity contribution in [2.75, 3.05) is 13.1 Å². The molecular weight excluding hydrogens is 240 g/mol. The molecule has 1 saturated heterocycles. The molecule has 1 aliphatic rings. The Kier molecular flexibility index (Phi) is 4.80. The predicted molar refractivity (Wildman–Crippen MR) is 75.6 cm³/mol. The molecule has 104 valence electrons. The molecule has 0 bridgehead atoms. The summed E-state index contributed by atoms with van der Waals surface area (Å²) in [5.41, 5.74) is 0.664. The monoisotopic (exact) mass is 262 g/mol. The molecule has 0 radical (unpaired) electrons. The van der Waals surface area contributed by atoms with Crippen LogP contribution in [0.25, 0.3) is 0 Å². The maximum atomic E-state index is 12.2. The lowest BCUT2D eigenvalue weighted by Crippen LogP contribution is -2.42. The molecule has 4 heteroatoms. The second-order valence-electron chi connectivity index (χ2n) is 5.19. The second kappa shape index (κ2) is 6.57. The summed E-state index contributed by atoms with van der Waals surface area (Å²) in [6.07, 6.45) is 2.10. The van der Waals surface area contributed by atoms with Crippen molar-refractivity contribution in [2.45, 2.75) is 38.8 Å². The summed E-state index contributed by atoms with van der Waals surface area (Å²) in [5, 5.41) is 6.37. The van der Waals surface area contributed by atoms with Crippen LogP contribution in [0.15, 0.2) is 24.3 Å². The fourth-order valence-corrected chi connectivity index (χ4v) is 2.22. The third kappa shape index (κ3) is 4.24. The number of amides is 1. The van der Waals surface area contributed by atoms with Gasteiger partial charge in [-0.1, -0.05) is 6.07 Å². The van der Waals surface area contributed by atoms with Crippen LogP contribution in [-0.2, 0) is 0 Å². The van der Waals surface area contributed by atoms with Crippen LogP contribution in [0.2, 0.25) is 0 Å². The zero-order valence-electron chi connectivity index (χ0n) is 11.6. The van der Waals surface area contributed by atoms with Crippen LogP contribution < -0.4 is 15.4 Å². The van der Waals surface area contributed by atoms with Crippen LogP contribution in [-0.4, -0.2) is 31.1 Å². The summed E-state index contributed by atoms with van der Waals surface area (Å²) < 4.78 is 5.60. The zero-order chi connectivity index (χ0) is 13.7. The molecular formula is C15H22N2O2. The van der Waals surface area contributed by atoms with Gasteiger partial charge in [-0.25, -0.2) is 0 Å². The van der Waals surface area contributed by atoms with Crippen LogP contribution in [0.5, 0.6) is 5.75 Å². The van der Waals surface area contributed by atoms with Crippen molar-refractivity contribution in [3.8, 4) is 5.75 Å². The van der Waals surface area contributed by atoms with Crippen LogP contribution in [0, 0.1) is 0 Å². The first-order valence-corrected chi connectivity index (χ1v) is 6.93. The number of hydrogen-bond acceptors (Lipinski definition) is 3. The summed E-state index contributed by atoms with van der Waals surface area (Å²) in [6, 6.07) is 7.64. The highest BCUT2D eigenvalue weighted by molar-refractivity contribution is 5.94. The van der Waals surface area contributed by atoms with Crippen molar-refractivity contribution in [1.82, 2.24) is 10.6 Å². The Balaban J connectivity index is 1.97. The topological polar surface area (TPSA) is 50.4 Å². The van der Waals surface area contributed by atoms with Crippen molar-refractivity contribution in [2.24, 2.45) is 0 Å². The van der Waals surface area contributed by atoms with Gasteiger partial charge in [-0.15, -0.1) is 0 Å². The van der Waals surface area contributed by atoms with E-state index in [0.29, 0.717) is 5.56 Å². The van der Waals surface area contributed by atoms with Gasteiger partial charge in [0.25, 0.3) is 5.91 Å². The van der Waals surface area contributed by atoms with E-state index in [2.05, 4.69) is 10.6 Å². The Morgan fingerprint density at radius 3 is 2.79 bits per heavy atom. The van der Waals surface area contributed by atoms with Crippen LogP contribution >= 0.6 is 0 Å². The van der Waals surface area contributed by atoms with Crippen LogP contribution in [0.4, 0.5) is 0 Å². The maximum Gasteiger partial charge on any atom is 0.251 e. The van der Waals surface area contributed by atoms with Gasteiger partial charge in [0.2, 0.25) is 0 Å². The van der Waals surface area contributed by atoms with Gasteiger partial charge in [0.15, 0.2) is 0 Å². The first kappa shape index (κ1) is 13.9. The zero-order valence-corrected chi connectivity index (χ0v) is 11.6. The quantitative estimate of drug-likeness (QED) is 0.872. The standard InChI is InChI=1S/C15H22N2O2/c1-11(2)19-14-5-3-4-12(10-14)15(18)17-13-6-8-16-9-7-13/h3-5,10-11,13,16H,6-9H2,1-2H3,(H,17,18). The van der Waals surface area contributed by atoms with Crippen molar-refractivity contribution in [3.05, 3.63) is 29.8 Å². The smallest absolute Gasteiger partial charge is 0.251 e.